The van der Waals surface area contributed by atoms with Gasteiger partial charge in [0.05, 0.1) is 23.6 Å². The third kappa shape index (κ3) is 4.04. The molecule has 6 heteroatoms. The van der Waals surface area contributed by atoms with E-state index in [2.05, 4.69) is 9.97 Å². The molecule has 3 aromatic rings. The Morgan fingerprint density at radius 3 is 2.88 bits per heavy atom. The molecule has 0 aliphatic rings. The average molecular weight is 340 g/mol. The van der Waals surface area contributed by atoms with Gasteiger partial charge in [-0.25, -0.2) is 9.78 Å². The number of pyridine rings is 1. The predicted molar refractivity (Wildman–Crippen MR) is 91.6 cm³/mol. The lowest BCUT2D eigenvalue weighted by Crippen LogP contribution is -2.06. The van der Waals surface area contributed by atoms with Crippen molar-refractivity contribution < 1.29 is 14.3 Å². The van der Waals surface area contributed by atoms with Gasteiger partial charge in [-0.3, -0.25) is 4.98 Å². The monoisotopic (exact) mass is 340 g/mol. The summed E-state index contributed by atoms with van der Waals surface area (Å²) >= 11 is 1.48. The van der Waals surface area contributed by atoms with Crippen LogP contribution in [0.25, 0.3) is 10.7 Å². The highest BCUT2D eigenvalue weighted by Crippen LogP contribution is 2.21. The first-order valence-electron chi connectivity index (χ1n) is 7.37. The van der Waals surface area contributed by atoms with E-state index in [1.165, 1.54) is 11.3 Å². The summed E-state index contributed by atoms with van der Waals surface area (Å²) in [6.45, 7) is 0.595. The Labute approximate surface area is 143 Å². The van der Waals surface area contributed by atoms with Crippen molar-refractivity contribution >= 4 is 17.3 Å². The molecule has 1 aromatic carbocycles. The van der Waals surface area contributed by atoms with Gasteiger partial charge in [-0.05, 0) is 29.8 Å². The number of hydrogen-bond acceptors (Lipinski definition) is 6. The third-order valence-corrected chi connectivity index (χ3v) is 4.17. The van der Waals surface area contributed by atoms with Gasteiger partial charge in [0.25, 0.3) is 0 Å². The van der Waals surface area contributed by atoms with Gasteiger partial charge in [-0.15, -0.1) is 11.3 Å². The van der Waals surface area contributed by atoms with Gasteiger partial charge in [0, 0.05) is 18.7 Å². The summed E-state index contributed by atoms with van der Waals surface area (Å²) in [5.41, 5.74) is 2.96. The van der Waals surface area contributed by atoms with E-state index >= 15 is 0 Å². The maximum atomic E-state index is 12.2. The molecule has 0 atom stereocenters. The first kappa shape index (κ1) is 16.3. The Morgan fingerprint density at radius 1 is 1.17 bits per heavy atom. The molecule has 0 saturated carbocycles. The summed E-state index contributed by atoms with van der Waals surface area (Å²) in [5, 5.41) is 2.68. The van der Waals surface area contributed by atoms with Crippen LogP contribution in [0.2, 0.25) is 0 Å². The molecule has 24 heavy (non-hydrogen) atoms. The van der Waals surface area contributed by atoms with Crippen molar-refractivity contribution in [1.29, 1.82) is 0 Å². The number of thiazole rings is 1. The van der Waals surface area contributed by atoms with E-state index in [0.717, 1.165) is 16.3 Å². The molecule has 0 amide bonds. The van der Waals surface area contributed by atoms with Gasteiger partial charge in [0.15, 0.2) is 0 Å². The van der Waals surface area contributed by atoms with Crippen molar-refractivity contribution in [1.82, 2.24) is 9.97 Å². The van der Waals surface area contributed by atoms with Gasteiger partial charge >= 0.3 is 5.97 Å². The van der Waals surface area contributed by atoms with Gasteiger partial charge in [0.2, 0.25) is 0 Å². The summed E-state index contributed by atoms with van der Waals surface area (Å²) < 4.78 is 10.4. The minimum atomic E-state index is -0.375. The van der Waals surface area contributed by atoms with E-state index in [1.54, 1.807) is 25.4 Å². The highest BCUT2D eigenvalue weighted by atomic mass is 32.1. The third-order valence-electron chi connectivity index (χ3n) is 3.26. The highest BCUT2D eigenvalue weighted by molar-refractivity contribution is 7.13. The molecule has 0 spiro atoms. The second-order valence-corrected chi connectivity index (χ2v) is 5.93. The zero-order valence-corrected chi connectivity index (χ0v) is 14.0. The molecule has 2 heterocycles. The van der Waals surface area contributed by atoms with Crippen molar-refractivity contribution in [3.63, 3.8) is 0 Å². The number of ether oxygens (including phenoxy) is 2. The Kier molecular flexibility index (Phi) is 5.30. The molecule has 0 aliphatic carbocycles. The molecular weight excluding hydrogens is 324 g/mol. The van der Waals surface area contributed by atoms with Crippen LogP contribution in [0, 0.1) is 0 Å². The van der Waals surface area contributed by atoms with Crippen LogP contribution in [0.5, 0.6) is 0 Å². The summed E-state index contributed by atoms with van der Waals surface area (Å²) in [5.74, 6) is -0.375. The fraction of sp³-hybridized carbons (Fsp3) is 0.167. The first-order chi connectivity index (χ1) is 11.8. The molecule has 0 N–H and O–H groups in total. The van der Waals surface area contributed by atoms with Gasteiger partial charge in [0.1, 0.15) is 11.6 Å². The van der Waals surface area contributed by atoms with E-state index < -0.39 is 0 Å². The topological polar surface area (TPSA) is 61.3 Å². The lowest BCUT2D eigenvalue weighted by Gasteiger charge is -2.05. The minimum Gasteiger partial charge on any atom is -0.456 e. The molecular formula is C18H16N2O3S. The summed E-state index contributed by atoms with van der Waals surface area (Å²) in [4.78, 5) is 20.9. The van der Waals surface area contributed by atoms with E-state index in [-0.39, 0.29) is 12.6 Å². The van der Waals surface area contributed by atoms with E-state index in [9.17, 15) is 4.79 Å². The normalized spacial score (nSPS) is 10.5. The minimum absolute atomic E-state index is 0.136. The van der Waals surface area contributed by atoms with Crippen molar-refractivity contribution in [3.05, 3.63) is 70.9 Å². The number of carbonyl (C=O) groups is 1. The molecule has 0 radical (unpaired) electrons. The van der Waals surface area contributed by atoms with Crippen molar-refractivity contribution in [3.8, 4) is 10.7 Å². The maximum Gasteiger partial charge on any atom is 0.338 e. The predicted octanol–water partition coefficient (Wildman–Crippen LogP) is 3.71. The van der Waals surface area contributed by atoms with Crippen LogP contribution in [0.3, 0.4) is 0 Å². The Bertz CT molecular complexity index is 818. The number of rotatable bonds is 6. The second-order valence-electron chi connectivity index (χ2n) is 5.07. The molecule has 0 unspecified atom stereocenters. The number of benzene rings is 1. The molecule has 122 valence electrons. The summed E-state index contributed by atoms with van der Waals surface area (Å²) in [7, 11) is 1.62. The second kappa shape index (κ2) is 7.81. The number of hydrogen-bond donors (Lipinski definition) is 0. The van der Waals surface area contributed by atoms with Gasteiger partial charge in [-0.1, -0.05) is 18.2 Å². The highest BCUT2D eigenvalue weighted by Gasteiger charge is 2.11. The maximum absolute atomic E-state index is 12.2. The van der Waals surface area contributed by atoms with Crippen LogP contribution in [0.15, 0.2) is 54.0 Å². The van der Waals surface area contributed by atoms with Crippen LogP contribution in [-0.2, 0) is 22.7 Å². The molecule has 0 saturated heterocycles. The largest absolute Gasteiger partial charge is 0.456 e. The standard InChI is InChI=1S/C18H16N2O3S/c1-22-10-13-5-4-6-14(9-13)18(21)23-11-15-12-24-17(20-15)16-7-2-3-8-19-16/h2-9,12H,10-11H2,1H3. The van der Waals surface area contributed by atoms with Gasteiger partial charge < -0.3 is 9.47 Å². The van der Waals surface area contributed by atoms with Crippen molar-refractivity contribution in [2.24, 2.45) is 0 Å². The lowest BCUT2D eigenvalue weighted by atomic mass is 10.1. The molecule has 2 aromatic heterocycles. The van der Waals surface area contributed by atoms with E-state index in [4.69, 9.17) is 9.47 Å². The lowest BCUT2D eigenvalue weighted by molar-refractivity contribution is 0.0468. The molecule has 0 fully saturated rings. The average Bonchev–Trinajstić information content (AvgIpc) is 3.10. The van der Waals surface area contributed by atoms with Crippen LogP contribution in [-0.4, -0.2) is 23.0 Å². The first-order valence-corrected chi connectivity index (χ1v) is 8.25. The van der Waals surface area contributed by atoms with Crippen LogP contribution in [0.4, 0.5) is 0 Å². The summed E-state index contributed by atoms with van der Waals surface area (Å²) in [6.07, 6.45) is 1.73. The Hall–Kier alpha value is -2.57. The Morgan fingerprint density at radius 2 is 2.08 bits per heavy atom. The van der Waals surface area contributed by atoms with E-state index in [1.807, 2.05) is 35.7 Å². The molecule has 0 bridgehead atoms. The molecule has 3 rings (SSSR count). The van der Waals surface area contributed by atoms with Crippen molar-refractivity contribution in [2.45, 2.75) is 13.2 Å². The van der Waals surface area contributed by atoms with Crippen LogP contribution in [0.1, 0.15) is 21.6 Å². The number of carbonyl (C=O) groups excluding carboxylic acids is 1. The number of aromatic nitrogens is 2. The quantitative estimate of drug-likeness (QED) is 0.640. The smallest absolute Gasteiger partial charge is 0.338 e. The van der Waals surface area contributed by atoms with Crippen molar-refractivity contribution in [2.75, 3.05) is 7.11 Å². The zero-order valence-electron chi connectivity index (χ0n) is 13.1. The SMILES string of the molecule is COCc1cccc(C(=O)OCc2csc(-c3ccccn3)n2)c1. The van der Waals surface area contributed by atoms with Crippen LogP contribution < -0.4 is 0 Å². The molecule has 0 aliphatic heterocycles. The van der Waals surface area contributed by atoms with Gasteiger partial charge in [-0.2, -0.15) is 0 Å². The number of esters is 1. The molecule has 5 nitrogen and oxygen atoms in total. The van der Waals surface area contributed by atoms with Crippen LogP contribution >= 0.6 is 11.3 Å². The fourth-order valence-electron chi connectivity index (χ4n) is 2.16. The number of methoxy groups -OCH3 is 1. The Balaban J connectivity index is 1.62. The zero-order chi connectivity index (χ0) is 16.8. The number of nitrogens with zero attached hydrogens (tertiary/aromatic N) is 2. The fourth-order valence-corrected chi connectivity index (χ4v) is 2.94. The summed E-state index contributed by atoms with van der Waals surface area (Å²) in [6, 6.07) is 12.9. The van der Waals surface area contributed by atoms with E-state index in [0.29, 0.717) is 17.9 Å².